The molecule has 1 atom stereocenters. The van der Waals surface area contributed by atoms with E-state index in [4.69, 9.17) is 4.98 Å². The lowest BCUT2D eigenvalue weighted by Crippen LogP contribution is -2.52. The molecule has 2 aromatic heterocycles. The number of H-pyrrole nitrogens is 1. The standard InChI is InChI=1S/C27H25N7/c1-3-7-19(8-4-1)15-22-18-34(14-13-28-22)25-17-29-33-27(30-25)21-11-12-24-23(16-21)26(32-31-24)20-9-5-2-6-10-20/h1-12,16-17,22,28H,13-15,18H2,(H,31,32). The minimum Gasteiger partial charge on any atom is -0.352 e. The highest BCUT2D eigenvalue weighted by Gasteiger charge is 2.21. The maximum Gasteiger partial charge on any atom is 0.183 e. The van der Waals surface area contributed by atoms with E-state index >= 15 is 0 Å². The molecule has 1 fully saturated rings. The highest BCUT2D eigenvalue weighted by Crippen LogP contribution is 2.29. The van der Waals surface area contributed by atoms with E-state index in [-0.39, 0.29) is 0 Å². The van der Waals surface area contributed by atoms with Crippen molar-refractivity contribution in [1.29, 1.82) is 0 Å². The summed E-state index contributed by atoms with van der Waals surface area (Å²) < 4.78 is 0. The van der Waals surface area contributed by atoms with E-state index in [1.54, 1.807) is 6.20 Å². The van der Waals surface area contributed by atoms with Gasteiger partial charge in [-0.3, -0.25) is 5.10 Å². The van der Waals surface area contributed by atoms with Crippen LogP contribution in [0.5, 0.6) is 0 Å². The van der Waals surface area contributed by atoms with Crippen molar-refractivity contribution in [3.63, 3.8) is 0 Å². The van der Waals surface area contributed by atoms with Crippen LogP contribution in [-0.4, -0.2) is 51.1 Å². The van der Waals surface area contributed by atoms with E-state index in [2.05, 4.69) is 79.1 Å². The zero-order chi connectivity index (χ0) is 22.7. The summed E-state index contributed by atoms with van der Waals surface area (Å²) in [5.74, 6) is 1.48. The molecule has 168 valence electrons. The second kappa shape index (κ2) is 9.03. The molecule has 5 aromatic rings. The number of hydrogen-bond acceptors (Lipinski definition) is 6. The molecule has 1 saturated heterocycles. The summed E-state index contributed by atoms with van der Waals surface area (Å²) >= 11 is 0. The van der Waals surface area contributed by atoms with E-state index in [9.17, 15) is 0 Å². The van der Waals surface area contributed by atoms with Crippen LogP contribution >= 0.6 is 0 Å². The Bertz CT molecular complexity index is 1400. The zero-order valence-corrected chi connectivity index (χ0v) is 18.7. The Morgan fingerprint density at radius 2 is 1.74 bits per heavy atom. The molecule has 6 rings (SSSR count). The summed E-state index contributed by atoms with van der Waals surface area (Å²) in [5.41, 5.74) is 5.25. The second-order valence-corrected chi connectivity index (χ2v) is 8.62. The molecule has 0 bridgehead atoms. The Labute approximate surface area is 197 Å². The molecular weight excluding hydrogens is 422 g/mol. The van der Waals surface area contributed by atoms with Crippen LogP contribution in [0.15, 0.2) is 85.1 Å². The molecule has 1 unspecified atom stereocenters. The fourth-order valence-corrected chi connectivity index (χ4v) is 4.61. The summed E-state index contributed by atoms with van der Waals surface area (Å²) in [6.07, 6.45) is 2.75. The van der Waals surface area contributed by atoms with Gasteiger partial charge in [0.25, 0.3) is 0 Å². The predicted molar refractivity (Wildman–Crippen MR) is 135 cm³/mol. The molecule has 1 aliphatic heterocycles. The number of nitrogens with one attached hydrogen (secondary N) is 2. The third-order valence-corrected chi connectivity index (χ3v) is 6.32. The average Bonchev–Trinajstić information content (AvgIpc) is 3.33. The van der Waals surface area contributed by atoms with Gasteiger partial charge in [0, 0.05) is 42.2 Å². The van der Waals surface area contributed by atoms with Gasteiger partial charge in [-0.15, -0.1) is 5.10 Å². The summed E-state index contributed by atoms with van der Waals surface area (Å²) in [4.78, 5) is 7.20. The number of benzene rings is 3. The van der Waals surface area contributed by atoms with Crippen molar-refractivity contribution in [3.8, 4) is 22.6 Å². The predicted octanol–water partition coefficient (Wildman–Crippen LogP) is 4.10. The van der Waals surface area contributed by atoms with Crippen LogP contribution in [0, 0.1) is 0 Å². The van der Waals surface area contributed by atoms with Gasteiger partial charge in [0.05, 0.1) is 17.4 Å². The highest BCUT2D eigenvalue weighted by atomic mass is 15.3. The lowest BCUT2D eigenvalue weighted by Gasteiger charge is -2.34. The first-order valence-electron chi connectivity index (χ1n) is 11.6. The Hall–Kier alpha value is -4.10. The Kier molecular flexibility index (Phi) is 5.45. The second-order valence-electron chi connectivity index (χ2n) is 8.62. The van der Waals surface area contributed by atoms with Crippen molar-refractivity contribution >= 4 is 16.7 Å². The summed E-state index contributed by atoms with van der Waals surface area (Å²) in [6, 6.07) is 27.3. The molecule has 0 amide bonds. The number of anilines is 1. The summed E-state index contributed by atoms with van der Waals surface area (Å²) in [6.45, 7) is 2.69. The van der Waals surface area contributed by atoms with Gasteiger partial charge in [-0.2, -0.15) is 10.2 Å². The molecular formula is C27H25N7. The number of hydrogen-bond donors (Lipinski definition) is 2. The summed E-state index contributed by atoms with van der Waals surface area (Å²) in [7, 11) is 0. The molecule has 3 heterocycles. The van der Waals surface area contributed by atoms with Crippen LogP contribution in [0.2, 0.25) is 0 Å². The van der Waals surface area contributed by atoms with Gasteiger partial charge < -0.3 is 10.2 Å². The fourth-order valence-electron chi connectivity index (χ4n) is 4.61. The van der Waals surface area contributed by atoms with Crippen LogP contribution in [0.1, 0.15) is 5.56 Å². The Balaban J connectivity index is 1.27. The zero-order valence-electron chi connectivity index (χ0n) is 18.7. The fraction of sp³-hybridized carbons (Fsp3) is 0.185. The number of rotatable bonds is 5. The van der Waals surface area contributed by atoms with Gasteiger partial charge in [0.2, 0.25) is 0 Å². The van der Waals surface area contributed by atoms with E-state index < -0.39 is 0 Å². The summed E-state index contributed by atoms with van der Waals surface area (Å²) in [5, 5.41) is 21.0. The first-order valence-corrected chi connectivity index (χ1v) is 11.6. The molecule has 0 radical (unpaired) electrons. The minimum atomic E-state index is 0.366. The number of piperazine rings is 1. The van der Waals surface area contributed by atoms with Crippen LogP contribution in [0.4, 0.5) is 5.82 Å². The lowest BCUT2D eigenvalue weighted by molar-refractivity contribution is 0.452. The molecule has 0 spiro atoms. The monoisotopic (exact) mass is 447 g/mol. The minimum absolute atomic E-state index is 0.366. The SMILES string of the molecule is c1ccc(CC2CN(c3cnnc(-c4ccc5[nH]nc(-c6ccccc6)c5c4)n3)CCN2)cc1. The van der Waals surface area contributed by atoms with Gasteiger partial charge in [0.1, 0.15) is 0 Å². The van der Waals surface area contributed by atoms with Crippen molar-refractivity contribution in [3.05, 3.63) is 90.6 Å². The van der Waals surface area contributed by atoms with E-state index in [0.29, 0.717) is 11.9 Å². The van der Waals surface area contributed by atoms with Crippen LogP contribution in [0.3, 0.4) is 0 Å². The van der Waals surface area contributed by atoms with Gasteiger partial charge in [-0.25, -0.2) is 4.98 Å². The number of fused-ring (bicyclic) bond motifs is 1. The Morgan fingerprint density at radius 1 is 0.912 bits per heavy atom. The van der Waals surface area contributed by atoms with Crippen molar-refractivity contribution in [2.75, 3.05) is 24.5 Å². The maximum absolute atomic E-state index is 4.90. The molecule has 7 nitrogen and oxygen atoms in total. The molecule has 7 heteroatoms. The molecule has 2 N–H and O–H groups in total. The lowest BCUT2D eigenvalue weighted by atomic mass is 10.0. The van der Waals surface area contributed by atoms with E-state index in [1.165, 1.54) is 5.56 Å². The van der Waals surface area contributed by atoms with Crippen molar-refractivity contribution < 1.29 is 0 Å². The van der Waals surface area contributed by atoms with Gasteiger partial charge in [0.15, 0.2) is 11.6 Å². The number of aromatic amines is 1. The van der Waals surface area contributed by atoms with Crippen LogP contribution < -0.4 is 10.2 Å². The Morgan fingerprint density at radius 3 is 2.59 bits per heavy atom. The molecule has 0 aliphatic carbocycles. The quantitative estimate of drug-likeness (QED) is 0.422. The molecule has 3 aromatic carbocycles. The van der Waals surface area contributed by atoms with Crippen LogP contribution in [0.25, 0.3) is 33.5 Å². The number of nitrogens with zero attached hydrogens (tertiary/aromatic N) is 5. The van der Waals surface area contributed by atoms with E-state index in [0.717, 1.165) is 59.6 Å². The molecule has 1 aliphatic rings. The first kappa shape index (κ1) is 20.5. The average molecular weight is 448 g/mol. The normalized spacial score (nSPS) is 16.1. The maximum atomic E-state index is 4.90. The largest absolute Gasteiger partial charge is 0.352 e. The smallest absolute Gasteiger partial charge is 0.183 e. The highest BCUT2D eigenvalue weighted by molar-refractivity contribution is 5.95. The van der Waals surface area contributed by atoms with Crippen molar-refractivity contribution in [2.45, 2.75) is 12.5 Å². The topological polar surface area (TPSA) is 82.6 Å². The van der Waals surface area contributed by atoms with Crippen molar-refractivity contribution in [1.82, 2.24) is 30.7 Å². The van der Waals surface area contributed by atoms with Crippen LogP contribution in [-0.2, 0) is 6.42 Å². The van der Waals surface area contributed by atoms with Gasteiger partial charge in [-0.1, -0.05) is 60.7 Å². The first-order chi connectivity index (χ1) is 16.8. The third-order valence-electron chi connectivity index (χ3n) is 6.32. The van der Waals surface area contributed by atoms with Gasteiger partial charge >= 0.3 is 0 Å². The molecule has 34 heavy (non-hydrogen) atoms. The van der Waals surface area contributed by atoms with E-state index in [1.807, 2.05) is 30.3 Å². The van der Waals surface area contributed by atoms with Crippen molar-refractivity contribution in [2.24, 2.45) is 0 Å². The third kappa shape index (κ3) is 4.13. The molecule has 0 saturated carbocycles. The van der Waals surface area contributed by atoms with Gasteiger partial charge in [-0.05, 0) is 30.2 Å². The number of aromatic nitrogens is 5.